The van der Waals surface area contributed by atoms with Crippen LogP contribution in [0.5, 0.6) is 0 Å². The van der Waals surface area contributed by atoms with Crippen molar-refractivity contribution in [1.82, 2.24) is 0 Å². The summed E-state index contributed by atoms with van der Waals surface area (Å²) in [4.78, 5) is 73.6. The van der Waals surface area contributed by atoms with E-state index in [0.717, 1.165) is 95.8 Å². The quantitative estimate of drug-likeness (QED) is 0.0222. The number of carbonyl (C=O) groups excluding carboxylic acids is 4. The summed E-state index contributed by atoms with van der Waals surface area (Å²) < 4.78 is 69.2. The maximum absolute atomic E-state index is 13.2. The molecule has 0 aliphatic carbocycles. The third kappa shape index (κ3) is 88.4. The van der Waals surface area contributed by atoms with E-state index in [1.54, 1.807) is 0 Å². The Morgan fingerprint density at radius 2 is 0.414 bits per heavy atom. The second-order valence-corrected chi connectivity index (χ2v) is 38.0. The average molecular weight is 1690 g/mol. The number of ether oxygens (including phenoxy) is 4. The van der Waals surface area contributed by atoms with Gasteiger partial charge in [0, 0.05) is 25.7 Å². The molecule has 0 amide bonds. The highest BCUT2D eigenvalue weighted by Gasteiger charge is 2.31. The van der Waals surface area contributed by atoms with Crippen LogP contribution in [0.4, 0.5) is 0 Å². The van der Waals surface area contributed by atoms with E-state index in [9.17, 15) is 43.2 Å². The summed E-state index contributed by atoms with van der Waals surface area (Å²) in [5.41, 5.74) is 0. The number of phosphoric acid groups is 2. The van der Waals surface area contributed by atoms with Crippen molar-refractivity contribution in [3.8, 4) is 0 Å². The molecule has 0 aromatic rings. The van der Waals surface area contributed by atoms with E-state index in [2.05, 4.69) is 34.6 Å². The lowest BCUT2D eigenvalue weighted by Gasteiger charge is -2.21. The first kappa shape index (κ1) is 114. The summed E-state index contributed by atoms with van der Waals surface area (Å²) in [5.74, 6) is -1.22. The normalized spacial score (nSPS) is 13.8. The molecule has 3 unspecified atom stereocenters. The van der Waals surface area contributed by atoms with Crippen LogP contribution in [0.2, 0.25) is 0 Å². The summed E-state index contributed by atoms with van der Waals surface area (Å²) in [6.45, 7) is 7.49. The molecule has 6 atom stereocenters. The van der Waals surface area contributed by atoms with Crippen molar-refractivity contribution in [3.05, 3.63) is 0 Å². The molecule has 0 aromatic carbocycles. The topological polar surface area (TPSA) is 237 Å². The Labute approximate surface area is 715 Å². The molecule has 0 saturated carbocycles. The Morgan fingerprint density at radius 1 is 0.241 bits per heavy atom. The zero-order chi connectivity index (χ0) is 84.7. The number of carbonyl (C=O) groups is 4. The Balaban J connectivity index is 5.21. The fourth-order valence-corrected chi connectivity index (χ4v) is 17.0. The molecule has 0 aromatic heterocycles. The van der Waals surface area contributed by atoms with Gasteiger partial charge in [-0.2, -0.15) is 0 Å². The van der Waals surface area contributed by atoms with Crippen LogP contribution >= 0.6 is 15.6 Å². The van der Waals surface area contributed by atoms with Crippen LogP contribution in [0, 0.1) is 5.92 Å². The Morgan fingerprint density at radius 3 is 0.612 bits per heavy atom. The van der Waals surface area contributed by atoms with E-state index in [-0.39, 0.29) is 25.7 Å². The molecule has 0 bridgehead atoms. The maximum atomic E-state index is 13.2. The largest absolute Gasteiger partial charge is 0.472 e. The molecule has 0 fully saturated rings. The predicted molar refractivity (Wildman–Crippen MR) is 483 cm³/mol. The highest BCUT2D eigenvalue weighted by molar-refractivity contribution is 7.47. The number of hydrogen-bond acceptors (Lipinski definition) is 15. The first-order valence-corrected chi connectivity index (χ1v) is 53.2. The molecule has 3 N–H and O–H groups in total. The van der Waals surface area contributed by atoms with Gasteiger partial charge in [0.25, 0.3) is 0 Å². The van der Waals surface area contributed by atoms with Crippen molar-refractivity contribution < 1.29 is 80.2 Å². The van der Waals surface area contributed by atoms with Gasteiger partial charge in [0.1, 0.15) is 19.3 Å². The van der Waals surface area contributed by atoms with Crippen LogP contribution in [0.25, 0.3) is 0 Å². The van der Waals surface area contributed by atoms with Gasteiger partial charge in [0.2, 0.25) is 0 Å². The molecule has 690 valence electrons. The third-order valence-corrected chi connectivity index (χ3v) is 25.3. The molecule has 0 spiro atoms. The minimum absolute atomic E-state index is 0.110. The zero-order valence-electron chi connectivity index (χ0n) is 76.7. The fourth-order valence-electron chi connectivity index (χ4n) is 15.4. The lowest BCUT2D eigenvalue weighted by atomic mass is 9.99. The number of esters is 4. The van der Waals surface area contributed by atoms with Gasteiger partial charge >= 0.3 is 39.5 Å². The van der Waals surface area contributed by atoms with Crippen LogP contribution in [0.15, 0.2) is 0 Å². The van der Waals surface area contributed by atoms with E-state index < -0.39 is 97.5 Å². The van der Waals surface area contributed by atoms with Gasteiger partial charge in [-0.25, -0.2) is 9.13 Å². The molecule has 19 heteroatoms. The van der Waals surface area contributed by atoms with Gasteiger partial charge in [0.15, 0.2) is 12.2 Å². The Bertz CT molecular complexity index is 2190. The van der Waals surface area contributed by atoms with Crippen molar-refractivity contribution in [2.45, 2.75) is 554 Å². The highest BCUT2D eigenvalue weighted by atomic mass is 31.2. The minimum Gasteiger partial charge on any atom is -0.462 e. The number of phosphoric ester groups is 2. The summed E-state index contributed by atoms with van der Waals surface area (Å²) in [6, 6.07) is 0. The Kier molecular flexibility index (Phi) is 87.8. The van der Waals surface area contributed by atoms with Crippen LogP contribution in [-0.2, 0) is 65.4 Å². The average Bonchev–Trinajstić information content (AvgIpc) is 0.891. The molecule has 0 aliphatic heterocycles. The van der Waals surface area contributed by atoms with Crippen molar-refractivity contribution in [2.24, 2.45) is 5.92 Å². The molecule has 0 aliphatic rings. The van der Waals surface area contributed by atoms with E-state index in [0.29, 0.717) is 25.7 Å². The molecule has 17 nitrogen and oxygen atoms in total. The summed E-state index contributed by atoms with van der Waals surface area (Å²) in [6.07, 6.45) is 87.7. The van der Waals surface area contributed by atoms with Crippen LogP contribution in [0.1, 0.15) is 535 Å². The van der Waals surface area contributed by atoms with Crippen LogP contribution < -0.4 is 0 Å². The molecule has 0 saturated heterocycles. The molecule has 0 rings (SSSR count). The monoisotopic (exact) mass is 1690 g/mol. The van der Waals surface area contributed by atoms with Gasteiger partial charge in [-0.1, -0.05) is 484 Å². The molecule has 0 radical (unpaired) electrons. The molecular weight excluding hydrogens is 1500 g/mol. The standard InChI is InChI=1S/C97H190O17P2/c1-6-10-13-16-19-22-25-27-29-31-33-35-37-38-43-47-51-56-61-66-71-76-81-95(100)108-87-93(114-97(102)83-78-73-68-63-58-53-49-45-41-40-42-46-50-55-59-64-69-74-79-90(5)9-4)89-112-116(105,106)110-85-91(98)84-109-115(103,104)111-88-92(86-107-94(99)80-75-70-65-60-54-24-21-18-15-12-8-3)113-96(101)82-77-72-67-62-57-52-48-44-39-36-34-32-30-28-26-23-20-17-14-11-7-2/h90-93,98H,6-89H2,1-5H3,(H,103,104)(H,105,106)/t90?,91-,92+,93+/m0/s1. The number of hydrogen-bond donors (Lipinski definition) is 3. The second kappa shape index (κ2) is 89.3. The van der Waals surface area contributed by atoms with Gasteiger partial charge in [-0.15, -0.1) is 0 Å². The Hall–Kier alpha value is -1.94. The predicted octanol–water partition coefficient (Wildman–Crippen LogP) is 30.7. The van der Waals surface area contributed by atoms with E-state index in [1.165, 1.54) is 360 Å². The molecular formula is C97H190O17P2. The summed E-state index contributed by atoms with van der Waals surface area (Å²) in [5, 5.41) is 10.7. The smallest absolute Gasteiger partial charge is 0.462 e. The maximum Gasteiger partial charge on any atom is 0.472 e. The number of unbranched alkanes of at least 4 members (excludes halogenated alkanes) is 68. The number of aliphatic hydroxyl groups excluding tert-OH is 1. The SMILES string of the molecule is CCCCCCCCCCCCCCCCCCCCCCCCC(=O)OC[C@H](COP(=O)(O)OC[C@@H](O)COP(=O)(O)OC[C@@H](COC(=O)CCCCCCCCCCCCC)OC(=O)CCCCCCCCCCCCCCCCCCCCCCC)OC(=O)CCCCCCCCCCCCCCCCCCCCC(C)CC. The first-order chi connectivity index (χ1) is 56.6. The van der Waals surface area contributed by atoms with Crippen molar-refractivity contribution in [2.75, 3.05) is 39.6 Å². The fraction of sp³-hybridized carbons (Fsp3) is 0.959. The van der Waals surface area contributed by atoms with Gasteiger partial charge in [-0.05, 0) is 31.6 Å². The van der Waals surface area contributed by atoms with Gasteiger partial charge in [0.05, 0.1) is 26.4 Å². The van der Waals surface area contributed by atoms with E-state index >= 15 is 0 Å². The van der Waals surface area contributed by atoms with Crippen molar-refractivity contribution in [3.63, 3.8) is 0 Å². The number of aliphatic hydroxyl groups is 1. The lowest BCUT2D eigenvalue weighted by Crippen LogP contribution is -2.30. The van der Waals surface area contributed by atoms with Crippen molar-refractivity contribution >= 4 is 39.5 Å². The second-order valence-electron chi connectivity index (χ2n) is 35.1. The minimum atomic E-state index is -4.97. The van der Waals surface area contributed by atoms with Crippen LogP contribution in [-0.4, -0.2) is 96.7 Å². The number of rotatable bonds is 97. The van der Waals surface area contributed by atoms with E-state index in [1.807, 2.05) is 0 Å². The first-order valence-electron chi connectivity index (χ1n) is 50.2. The summed E-state index contributed by atoms with van der Waals surface area (Å²) >= 11 is 0. The lowest BCUT2D eigenvalue weighted by molar-refractivity contribution is -0.161. The van der Waals surface area contributed by atoms with Crippen molar-refractivity contribution in [1.29, 1.82) is 0 Å². The zero-order valence-corrected chi connectivity index (χ0v) is 78.4. The van der Waals surface area contributed by atoms with Gasteiger partial charge in [-0.3, -0.25) is 37.3 Å². The molecule has 116 heavy (non-hydrogen) atoms. The van der Waals surface area contributed by atoms with E-state index in [4.69, 9.17) is 37.0 Å². The highest BCUT2D eigenvalue weighted by Crippen LogP contribution is 2.45. The van der Waals surface area contributed by atoms with Crippen LogP contribution in [0.3, 0.4) is 0 Å². The van der Waals surface area contributed by atoms with Gasteiger partial charge < -0.3 is 33.8 Å². The third-order valence-electron chi connectivity index (χ3n) is 23.4. The summed E-state index contributed by atoms with van der Waals surface area (Å²) in [7, 11) is -9.94. The molecule has 0 heterocycles.